The van der Waals surface area contributed by atoms with E-state index < -0.39 is 10.0 Å². The van der Waals surface area contributed by atoms with Crippen molar-refractivity contribution in [3.63, 3.8) is 0 Å². The van der Waals surface area contributed by atoms with Gasteiger partial charge in [-0.1, -0.05) is 29.8 Å². The van der Waals surface area contributed by atoms with Crippen LogP contribution in [0.4, 0.5) is 0 Å². The summed E-state index contributed by atoms with van der Waals surface area (Å²) in [6.07, 6.45) is 4.36. The lowest BCUT2D eigenvalue weighted by atomic mass is 10.2. The van der Waals surface area contributed by atoms with E-state index in [9.17, 15) is 13.2 Å². The van der Waals surface area contributed by atoms with Gasteiger partial charge in [0.25, 0.3) is 5.91 Å². The van der Waals surface area contributed by atoms with Crippen LogP contribution in [-0.4, -0.2) is 37.4 Å². The maximum Gasteiger partial charge on any atom is 0.251 e. The summed E-state index contributed by atoms with van der Waals surface area (Å²) in [5.41, 5.74) is 2.63. The summed E-state index contributed by atoms with van der Waals surface area (Å²) >= 11 is 5.88. The average molecular weight is 499 g/mol. The fourth-order valence-corrected chi connectivity index (χ4v) is 4.74. The first kappa shape index (κ1) is 23.7. The second-order valence-electron chi connectivity index (χ2n) is 7.52. The van der Waals surface area contributed by atoms with Gasteiger partial charge in [-0.2, -0.15) is 0 Å². The number of nitrogens with zero attached hydrogens (tertiary/aromatic N) is 2. The fourth-order valence-electron chi connectivity index (χ4n) is 3.40. The zero-order chi connectivity index (χ0) is 24.1. The van der Waals surface area contributed by atoms with Crippen molar-refractivity contribution in [3.8, 4) is 5.75 Å². The molecule has 0 atom stereocenters. The second-order valence-corrected chi connectivity index (χ2v) is 9.69. The summed E-state index contributed by atoms with van der Waals surface area (Å²) < 4.78 is 35.6. The van der Waals surface area contributed by atoms with Gasteiger partial charge in [0.05, 0.1) is 12.8 Å². The molecular weight excluding hydrogens is 476 g/mol. The molecule has 0 saturated carbocycles. The van der Waals surface area contributed by atoms with Crippen LogP contribution >= 0.6 is 11.6 Å². The van der Waals surface area contributed by atoms with E-state index in [-0.39, 0.29) is 28.7 Å². The van der Waals surface area contributed by atoms with E-state index in [0.29, 0.717) is 18.0 Å². The Morgan fingerprint density at radius 2 is 1.91 bits per heavy atom. The number of methoxy groups -OCH3 is 1. The molecule has 4 rings (SSSR count). The molecule has 176 valence electrons. The summed E-state index contributed by atoms with van der Waals surface area (Å²) in [4.78, 5) is 17.1. The molecule has 0 unspecified atom stereocenters. The number of halogens is 1. The zero-order valence-electron chi connectivity index (χ0n) is 18.4. The van der Waals surface area contributed by atoms with E-state index in [0.717, 1.165) is 16.9 Å². The topological polar surface area (TPSA) is 102 Å². The van der Waals surface area contributed by atoms with Gasteiger partial charge in [-0.25, -0.2) is 18.1 Å². The number of amides is 1. The Morgan fingerprint density at radius 3 is 2.65 bits per heavy atom. The molecule has 2 heterocycles. The fraction of sp³-hybridized carbons (Fsp3) is 0.167. The quantitative estimate of drug-likeness (QED) is 0.368. The van der Waals surface area contributed by atoms with E-state index in [1.165, 1.54) is 25.3 Å². The van der Waals surface area contributed by atoms with Crippen molar-refractivity contribution < 1.29 is 17.9 Å². The van der Waals surface area contributed by atoms with E-state index in [2.05, 4.69) is 15.0 Å². The Bertz CT molecular complexity index is 1390. The zero-order valence-corrected chi connectivity index (χ0v) is 19.9. The monoisotopic (exact) mass is 498 g/mol. The van der Waals surface area contributed by atoms with Crippen LogP contribution in [0.15, 0.2) is 78.0 Å². The Kier molecular flexibility index (Phi) is 7.16. The van der Waals surface area contributed by atoms with Gasteiger partial charge in [0, 0.05) is 42.5 Å². The Labute approximate surface area is 202 Å². The third-order valence-electron chi connectivity index (χ3n) is 5.18. The highest BCUT2D eigenvalue weighted by molar-refractivity contribution is 7.89. The highest BCUT2D eigenvalue weighted by atomic mass is 35.5. The first-order valence-electron chi connectivity index (χ1n) is 10.5. The Balaban J connectivity index is 1.43. The summed E-state index contributed by atoms with van der Waals surface area (Å²) in [7, 11) is -2.57. The minimum absolute atomic E-state index is 0.0676. The van der Waals surface area contributed by atoms with Gasteiger partial charge in [-0.3, -0.25) is 4.79 Å². The molecule has 0 spiro atoms. The van der Waals surface area contributed by atoms with Crippen LogP contribution in [0.5, 0.6) is 5.75 Å². The van der Waals surface area contributed by atoms with Crippen LogP contribution in [-0.2, 0) is 23.0 Å². The second kappa shape index (κ2) is 10.3. The molecule has 0 bridgehead atoms. The number of carbonyl (C=O) groups is 1. The lowest BCUT2D eigenvalue weighted by Gasteiger charge is -2.13. The lowest BCUT2D eigenvalue weighted by Crippen LogP contribution is -2.27. The van der Waals surface area contributed by atoms with Gasteiger partial charge in [0.1, 0.15) is 16.3 Å². The number of carbonyl (C=O) groups excluding carboxylic acids is 1. The molecule has 34 heavy (non-hydrogen) atoms. The minimum Gasteiger partial charge on any atom is -0.495 e. The van der Waals surface area contributed by atoms with Crippen molar-refractivity contribution in [2.45, 2.75) is 17.9 Å². The van der Waals surface area contributed by atoms with Crippen molar-refractivity contribution >= 4 is 33.2 Å². The first-order valence-corrected chi connectivity index (χ1v) is 12.3. The van der Waals surface area contributed by atoms with Gasteiger partial charge in [0.15, 0.2) is 0 Å². The number of sulfonamides is 1. The molecule has 10 heteroatoms. The highest BCUT2D eigenvalue weighted by Crippen LogP contribution is 2.25. The number of aromatic nitrogens is 2. The van der Waals surface area contributed by atoms with Crippen LogP contribution in [0, 0.1) is 0 Å². The number of fused-ring (bicyclic) bond motifs is 1. The van der Waals surface area contributed by atoms with Crippen LogP contribution in [0.1, 0.15) is 21.6 Å². The Morgan fingerprint density at radius 1 is 1.12 bits per heavy atom. The van der Waals surface area contributed by atoms with Crippen molar-refractivity contribution in [1.82, 2.24) is 19.4 Å². The Hall–Kier alpha value is -3.40. The number of benzene rings is 2. The summed E-state index contributed by atoms with van der Waals surface area (Å²) in [5, 5.41) is 3.38. The molecule has 0 saturated heterocycles. The van der Waals surface area contributed by atoms with Crippen LogP contribution in [0.3, 0.4) is 0 Å². The molecule has 0 fully saturated rings. The predicted octanol–water partition coefficient (Wildman–Crippen LogP) is 3.45. The number of hydrogen-bond donors (Lipinski definition) is 2. The van der Waals surface area contributed by atoms with Gasteiger partial charge < -0.3 is 14.5 Å². The molecule has 4 aromatic rings. The third-order valence-corrected chi connectivity index (χ3v) is 6.85. The van der Waals surface area contributed by atoms with E-state index >= 15 is 0 Å². The molecule has 8 nitrogen and oxygen atoms in total. The number of ether oxygens (including phenoxy) is 1. The molecule has 2 aromatic heterocycles. The largest absolute Gasteiger partial charge is 0.495 e. The number of hydrogen-bond acceptors (Lipinski definition) is 5. The SMILES string of the molecule is COc1ccc(C(=O)NCCc2cn3ccccc3n2)cc1S(=O)(=O)NCc1ccc(Cl)cc1. The van der Waals surface area contributed by atoms with Crippen molar-refractivity contribution in [3.05, 3.63) is 94.9 Å². The number of pyridine rings is 1. The smallest absolute Gasteiger partial charge is 0.251 e. The maximum absolute atomic E-state index is 13.0. The summed E-state index contributed by atoms with van der Waals surface area (Å²) in [5.74, 6) is -0.245. The average Bonchev–Trinajstić information content (AvgIpc) is 3.26. The predicted molar refractivity (Wildman–Crippen MR) is 130 cm³/mol. The normalized spacial score (nSPS) is 11.5. The van der Waals surface area contributed by atoms with Gasteiger partial charge in [0.2, 0.25) is 10.0 Å². The van der Waals surface area contributed by atoms with Crippen LogP contribution < -0.4 is 14.8 Å². The molecule has 0 aliphatic carbocycles. The van der Waals surface area contributed by atoms with Crippen LogP contribution in [0.2, 0.25) is 5.02 Å². The summed E-state index contributed by atoms with van der Waals surface area (Å²) in [6, 6.07) is 16.9. The van der Waals surface area contributed by atoms with Gasteiger partial charge in [-0.05, 0) is 48.0 Å². The van der Waals surface area contributed by atoms with E-state index in [4.69, 9.17) is 16.3 Å². The van der Waals surface area contributed by atoms with Gasteiger partial charge >= 0.3 is 0 Å². The number of rotatable bonds is 9. The molecule has 1 amide bonds. The molecule has 0 aliphatic rings. The van der Waals surface area contributed by atoms with E-state index in [1.54, 1.807) is 24.3 Å². The van der Waals surface area contributed by atoms with Crippen molar-refractivity contribution in [2.24, 2.45) is 0 Å². The molecule has 2 aromatic carbocycles. The number of nitrogens with one attached hydrogen (secondary N) is 2. The standard InChI is InChI=1S/C24H23ClN4O4S/c1-33-21-10-7-18(14-22(21)34(31,32)27-15-17-5-8-19(25)9-6-17)24(30)26-12-11-20-16-29-13-3-2-4-23(29)28-20/h2-10,13-14,16,27H,11-12,15H2,1H3,(H,26,30). The van der Waals surface area contributed by atoms with Crippen LogP contribution in [0.25, 0.3) is 5.65 Å². The molecule has 0 radical (unpaired) electrons. The van der Waals surface area contributed by atoms with Gasteiger partial charge in [-0.15, -0.1) is 0 Å². The lowest BCUT2D eigenvalue weighted by molar-refractivity contribution is 0.0954. The first-order chi connectivity index (χ1) is 16.4. The molecular formula is C24H23ClN4O4S. The van der Waals surface area contributed by atoms with E-state index in [1.807, 2.05) is 35.0 Å². The van der Waals surface area contributed by atoms with Crippen molar-refractivity contribution in [2.75, 3.05) is 13.7 Å². The molecule has 0 aliphatic heterocycles. The third kappa shape index (κ3) is 5.56. The highest BCUT2D eigenvalue weighted by Gasteiger charge is 2.21. The van der Waals surface area contributed by atoms with Crippen molar-refractivity contribution in [1.29, 1.82) is 0 Å². The summed E-state index contributed by atoms with van der Waals surface area (Å²) in [6.45, 7) is 0.420. The minimum atomic E-state index is -3.95. The molecule has 2 N–H and O–H groups in total. The maximum atomic E-state index is 13.0. The number of imidazole rings is 1.